The fourth-order valence-corrected chi connectivity index (χ4v) is 12.3. The summed E-state index contributed by atoms with van der Waals surface area (Å²) in [6.07, 6.45) is 0. The van der Waals surface area contributed by atoms with E-state index < -0.39 is 15.0 Å². The molecular weight excluding hydrogens is 618 g/mol. The van der Waals surface area contributed by atoms with E-state index in [9.17, 15) is 0 Å². The molecular formula is C44H51N2P2-. The maximum absolute atomic E-state index is 5.97. The Morgan fingerprint density at radius 3 is 1.50 bits per heavy atom. The second kappa shape index (κ2) is 16.1. The van der Waals surface area contributed by atoms with Gasteiger partial charge in [0.1, 0.15) is 0 Å². The third-order valence-corrected chi connectivity index (χ3v) is 16.1. The maximum atomic E-state index is 5.97. The normalized spacial score (nSPS) is 12.4. The Bertz CT molecular complexity index is 1780. The molecule has 0 fully saturated rings. The summed E-state index contributed by atoms with van der Waals surface area (Å²) >= 11 is 0. The third kappa shape index (κ3) is 7.94. The highest BCUT2D eigenvalue weighted by molar-refractivity contribution is 7.80. The van der Waals surface area contributed by atoms with E-state index in [4.69, 9.17) is 10.1 Å². The van der Waals surface area contributed by atoms with Gasteiger partial charge in [0.15, 0.2) is 0 Å². The standard InChI is InChI=1S/C44H51N2P2/c1-32(2)39-27-20-28-40(33(3)4)44(39)46-48(34(5)6,35(7)8)31-42(36-21-12-9-13-22-36)45-41-29-18-19-30-43(41)47(37-23-14-10-15-24-37)38-25-16-11-17-26-38/h9-35H,1-8H3/q-1/b42-31-. The van der Waals surface area contributed by atoms with Gasteiger partial charge in [0.2, 0.25) is 0 Å². The topological polar surface area (TPSA) is 26.5 Å². The summed E-state index contributed by atoms with van der Waals surface area (Å²) in [4.78, 5) is 0. The minimum absolute atomic E-state index is 0.340. The highest BCUT2D eigenvalue weighted by Gasteiger charge is 2.28. The molecule has 0 aromatic heterocycles. The second-order valence-electron chi connectivity index (χ2n) is 13.7. The molecule has 5 aromatic rings. The Balaban J connectivity index is 1.77. The molecule has 4 heteroatoms. The Hall–Kier alpha value is -3.70. The van der Waals surface area contributed by atoms with Crippen molar-refractivity contribution in [3.63, 3.8) is 0 Å². The van der Waals surface area contributed by atoms with Gasteiger partial charge < -0.3 is 5.32 Å². The summed E-state index contributed by atoms with van der Waals surface area (Å²) < 4.78 is 5.97. The van der Waals surface area contributed by atoms with Gasteiger partial charge >= 0.3 is 0 Å². The summed E-state index contributed by atoms with van der Waals surface area (Å²) in [5.41, 5.74) is 7.69. The van der Waals surface area contributed by atoms with Crippen LogP contribution in [0.1, 0.15) is 83.9 Å². The molecule has 2 nitrogen and oxygen atoms in total. The van der Waals surface area contributed by atoms with Crippen LogP contribution in [0.3, 0.4) is 0 Å². The summed E-state index contributed by atoms with van der Waals surface area (Å²) in [6.45, 7) is 18.6. The molecule has 0 unspecified atom stereocenters. The van der Waals surface area contributed by atoms with Crippen LogP contribution in [0.2, 0.25) is 0 Å². The van der Waals surface area contributed by atoms with Crippen molar-refractivity contribution in [3.05, 3.63) is 161 Å². The minimum atomic E-state index is -2.13. The number of hydrogen-bond acceptors (Lipinski definition) is 1. The zero-order valence-electron chi connectivity index (χ0n) is 29.9. The lowest BCUT2D eigenvalue weighted by Gasteiger charge is -2.37. The molecule has 0 aliphatic rings. The Morgan fingerprint density at radius 1 is 0.562 bits per heavy atom. The molecule has 0 saturated heterocycles. The lowest BCUT2D eigenvalue weighted by Crippen LogP contribution is -2.21. The maximum Gasteiger partial charge on any atom is 0.0686 e. The first-order valence-corrected chi connectivity index (χ1v) is 20.6. The Labute approximate surface area is 291 Å². The van der Waals surface area contributed by atoms with Gasteiger partial charge in [0, 0.05) is 7.05 Å². The van der Waals surface area contributed by atoms with E-state index >= 15 is 0 Å². The van der Waals surface area contributed by atoms with E-state index in [1.54, 1.807) is 0 Å². The van der Waals surface area contributed by atoms with E-state index in [0.717, 1.165) is 16.9 Å². The predicted octanol–water partition coefficient (Wildman–Crippen LogP) is 13.0. The van der Waals surface area contributed by atoms with Crippen molar-refractivity contribution in [2.24, 2.45) is 4.74 Å². The van der Waals surface area contributed by atoms with Gasteiger partial charge in [0.05, 0.1) is 5.69 Å². The van der Waals surface area contributed by atoms with Crippen LogP contribution >= 0.6 is 15.0 Å². The van der Waals surface area contributed by atoms with E-state index in [-0.39, 0.29) is 0 Å². The molecule has 5 rings (SSSR count). The first-order valence-electron chi connectivity index (χ1n) is 17.4. The molecule has 0 amide bonds. The van der Waals surface area contributed by atoms with Crippen molar-refractivity contribution < 1.29 is 0 Å². The van der Waals surface area contributed by atoms with E-state index in [2.05, 4.69) is 195 Å². The monoisotopic (exact) mass is 669 g/mol. The lowest BCUT2D eigenvalue weighted by atomic mass is 9.93. The molecule has 0 atom stereocenters. The van der Waals surface area contributed by atoms with Gasteiger partial charge in [-0.25, -0.2) is 0 Å². The van der Waals surface area contributed by atoms with E-state index in [1.807, 2.05) is 0 Å². The van der Waals surface area contributed by atoms with Crippen molar-refractivity contribution in [2.75, 3.05) is 0 Å². The average molecular weight is 670 g/mol. The molecule has 0 saturated carbocycles. The summed E-state index contributed by atoms with van der Waals surface area (Å²) in [5.74, 6) is 3.27. The van der Waals surface area contributed by atoms with Crippen LogP contribution in [0, 0.1) is 0 Å². The van der Waals surface area contributed by atoms with Crippen LogP contribution in [0.5, 0.6) is 0 Å². The smallest absolute Gasteiger partial charge is 0.0686 e. The quantitative estimate of drug-likeness (QED) is 0.118. The highest BCUT2D eigenvalue weighted by Crippen LogP contribution is 2.64. The van der Waals surface area contributed by atoms with Crippen molar-refractivity contribution in [1.82, 2.24) is 0 Å². The fraction of sp³-hybridized carbons (Fsp3) is 0.273. The largest absolute Gasteiger partial charge is 0.657 e. The Morgan fingerprint density at radius 2 is 1.02 bits per heavy atom. The van der Waals surface area contributed by atoms with E-state index in [1.165, 1.54) is 32.7 Å². The molecule has 0 aliphatic carbocycles. The molecule has 0 bridgehead atoms. The van der Waals surface area contributed by atoms with Gasteiger partial charge in [-0.1, -0.05) is 195 Å². The predicted molar refractivity (Wildman–Crippen MR) is 216 cm³/mol. The van der Waals surface area contributed by atoms with Crippen molar-refractivity contribution in [3.8, 4) is 0 Å². The zero-order valence-corrected chi connectivity index (χ0v) is 31.7. The van der Waals surface area contributed by atoms with Crippen LogP contribution < -0.4 is 15.9 Å². The minimum Gasteiger partial charge on any atom is -0.657 e. The van der Waals surface area contributed by atoms with Gasteiger partial charge in [-0.05, 0) is 63.7 Å². The van der Waals surface area contributed by atoms with Gasteiger partial charge in [-0.2, -0.15) is 0 Å². The number of nitrogens with zero attached hydrogens (tertiary/aromatic N) is 2. The first kappa shape index (κ1) is 35.6. The van der Waals surface area contributed by atoms with Crippen LogP contribution in [0.4, 0.5) is 11.4 Å². The van der Waals surface area contributed by atoms with Crippen LogP contribution in [0.15, 0.2) is 144 Å². The average Bonchev–Trinajstić information content (AvgIpc) is 3.09. The zero-order chi connectivity index (χ0) is 34.3. The van der Waals surface area contributed by atoms with Gasteiger partial charge in [0.25, 0.3) is 0 Å². The second-order valence-corrected chi connectivity index (χ2v) is 20.0. The van der Waals surface area contributed by atoms with Gasteiger partial charge in [-0.3, -0.25) is 4.74 Å². The molecule has 0 radical (unpaired) electrons. The molecule has 48 heavy (non-hydrogen) atoms. The van der Waals surface area contributed by atoms with Crippen LogP contribution in [0.25, 0.3) is 11.0 Å². The van der Waals surface area contributed by atoms with Crippen LogP contribution in [-0.2, 0) is 0 Å². The summed E-state index contributed by atoms with van der Waals surface area (Å²) in [7, 11) is -2.96. The van der Waals surface area contributed by atoms with E-state index in [0.29, 0.717) is 23.2 Å². The highest BCUT2D eigenvalue weighted by atomic mass is 31.2. The number of benzene rings is 5. The summed E-state index contributed by atoms with van der Waals surface area (Å²) in [6, 6.07) is 48.1. The molecule has 248 valence electrons. The first-order chi connectivity index (χ1) is 23.1. The van der Waals surface area contributed by atoms with Crippen molar-refractivity contribution in [1.29, 1.82) is 0 Å². The number of para-hydroxylation sites is 1. The third-order valence-electron chi connectivity index (χ3n) is 9.06. The Kier molecular flexibility index (Phi) is 12.0. The SMILES string of the molecule is CC(C)c1cccc(C(C)C)c1N=P(/C=C(\[N-]c1ccccc1P(c1ccccc1)c1ccccc1)c1ccccc1)(C(C)C)C(C)C. The lowest BCUT2D eigenvalue weighted by molar-refractivity contribution is 0.834. The van der Waals surface area contributed by atoms with Crippen molar-refractivity contribution >= 4 is 48.0 Å². The summed E-state index contributed by atoms with van der Waals surface area (Å²) in [5, 5.41) is 9.55. The molecule has 0 heterocycles. The molecule has 0 aliphatic heterocycles. The van der Waals surface area contributed by atoms with Crippen LogP contribution in [-0.4, -0.2) is 11.3 Å². The number of hydrogen-bond donors (Lipinski definition) is 0. The fourth-order valence-electron chi connectivity index (χ4n) is 6.39. The molecule has 0 N–H and O–H groups in total. The number of rotatable bonds is 12. The molecule has 5 aromatic carbocycles. The van der Waals surface area contributed by atoms with Crippen molar-refractivity contribution in [2.45, 2.75) is 78.5 Å². The molecule has 0 spiro atoms. The van der Waals surface area contributed by atoms with Gasteiger partial charge in [-0.15, -0.1) is 11.4 Å².